The zero-order chi connectivity index (χ0) is 16.4. The third kappa shape index (κ3) is 7.08. The van der Waals surface area contributed by atoms with E-state index in [1.807, 2.05) is 20.8 Å². The summed E-state index contributed by atoms with van der Waals surface area (Å²) < 4.78 is 10.6. The molecule has 0 saturated carbocycles. The Labute approximate surface area is 131 Å². The maximum atomic E-state index is 11.7. The fourth-order valence-electron chi connectivity index (χ4n) is 1.66. The number of rotatable bonds is 8. The standard InChI is InChI=1S/C16H24N2O4/c1-4-21-14-8-6-13(7-9-14)18-16(20)15(19)17-10-5-11-22-12(2)3/h6-9,12H,4-5,10-11H2,1-3H3,(H,17,19)(H,18,20). The summed E-state index contributed by atoms with van der Waals surface area (Å²) in [4.78, 5) is 23.3. The second-order valence-electron chi connectivity index (χ2n) is 4.94. The maximum absolute atomic E-state index is 11.7. The first-order valence-electron chi connectivity index (χ1n) is 7.46. The summed E-state index contributed by atoms with van der Waals surface area (Å²) in [6.07, 6.45) is 0.832. The molecule has 0 aliphatic heterocycles. The minimum absolute atomic E-state index is 0.165. The molecule has 122 valence electrons. The van der Waals surface area contributed by atoms with Crippen molar-refractivity contribution in [2.75, 3.05) is 25.1 Å². The normalized spacial score (nSPS) is 10.4. The highest BCUT2D eigenvalue weighted by Gasteiger charge is 2.12. The van der Waals surface area contributed by atoms with Crippen LogP contribution in [0.1, 0.15) is 27.2 Å². The van der Waals surface area contributed by atoms with E-state index >= 15 is 0 Å². The first kappa shape index (κ1) is 18.0. The molecule has 1 aromatic rings. The van der Waals surface area contributed by atoms with Crippen molar-refractivity contribution in [2.24, 2.45) is 0 Å². The van der Waals surface area contributed by atoms with Gasteiger partial charge in [-0.1, -0.05) is 0 Å². The summed E-state index contributed by atoms with van der Waals surface area (Å²) in [6.45, 7) is 7.33. The quantitative estimate of drug-likeness (QED) is 0.568. The molecule has 6 nitrogen and oxygen atoms in total. The molecule has 1 rings (SSSR count). The molecule has 0 bridgehead atoms. The summed E-state index contributed by atoms with van der Waals surface area (Å²) in [6, 6.07) is 6.85. The fourth-order valence-corrected chi connectivity index (χ4v) is 1.66. The maximum Gasteiger partial charge on any atom is 0.313 e. The van der Waals surface area contributed by atoms with Gasteiger partial charge in [-0.15, -0.1) is 0 Å². The highest BCUT2D eigenvalue weighted by atomic mass is 16.5. The number of ether oxygens (including phenoxy) is 2. The Balaban J connectivity index is 2.30. The minimum Gasteiger partial charge on any atom is -0.494 e. The minimum atomic E-state index is -0.686. The van der Waals surface area contributed by atoms with Crippen LogP contribution in [0.2, 0.25) is 0 Å². The van der Waals surface area contributed by atoms with Gasteiger partial charge in [0.15, 0.2) is 0 Å². The van der Waals surface area contributed by atoms with Crippen LogP contribution in [-0.4, -0.2) is 37.7 Å². The summed E-state index contributed by atoms with van der Waals surface area (Å²) >= 11 is 0. The molecule has 0 aliphatic carbocycles. The second-order valence-corrected chi connectivity index (χ2v) is 4.94. The third-order valence-electron chi connectivity index (χ3n) is 2.69. The summed E-state index contributed by atoms with van der Waals surface area (Å²) in [7, 11) is 0. The molecule has 1 aromatic carbocycles. The first-order valence-corrected chi connectivity index (χ1v) is 7.46. The molecule has 0 atom stereocenters. The SMILES string of the molecule is CCOc1ccc(NC(=O)C(=O)NCCCOC(C)C)cc1. The van der Waals surface area contributed by atoms with Gasteiger partial charge in [0.2, 0.25) is 0 Å². The van der Waals surface area contributed by atoms with Crippen LogP contribution in [-0.2, 0) is 14.3 Å². The van der Waals surface area contributed by atoms with Crippen LogP contribution >= 0.6 is 0 Å². The summed E-state index contributed by atoms with van der Waals surface area (Å²) in [5, 5.41) is 5.08. The van der Waals surface area contributed by atoms with Crippen molar-refractivity contribution in [3.63, 3.8) is 0 Å². The Morgan fingerprint density at radius 1 is 1.14 bits per heavy atom. The lowest BCUT2D eigenvalue weighted by Crippen LogP contribution is -2.36. The van der Waals surface area contributed by atoms with Gasteiger partial charge in [0, 0.05) is 18.8 Å². The molecule has 6 heteroatoms. The molecular formula is C16H24N2O4. The van der Waals surface area contributed by atoms with Gasteiger partial charge < -0.3 is 20.1 Å². The van der Waals surface area contributed by atoms with Crippen LogP contribution in [0.25, 0.3) is 0 Å². The first-order chi connectivity index (χ1) is 10.5. The molecule has 2 N–H and O–H groups in total. The van der Waals surface area contributed by atoms with Crippen LogP contribution in [0.5, 0.6) is 5.75 Å². The number of anilines is 1. The van der Waals surface area contributed by atoms with E-state index in [0.29, 0.717) is 31.9 Å². The fraction of sp³-hybridized carbons (Fsp3) is 0.500. The van der Waals surface area contributed by atoms with Gasteiger partial charge in [0.25, 0.3) is 0 Å². The predicted molar refractivity (Wildman–Crippen MR) is 85.0 cm³/mol. The summed E-state index contributed by atoms with van der Waals surface area (Å²) in [5.41, 5.74) is 0.548. The number of carbonyl (C=O) groups is 2. The van der Waals surface area contributed by atoms with Crippen molar-refractivity contribution in [1.29, 1.82) is 0 Å². The lowest BCUT2D eigenvalue weighted by Gasteiger charge is -2.09. The zero-order valence-corrected chi connectivity index (χ0v) is 13.3. The average Bonchev–Trinajstić information content (AvgIpc) is 2.48. The molecular weight excluding hydrogens is 284 g/mol. The molecule has 0 radical (unpaired) electrons. The number of amides is 2. The van der Waals surface area contributed by atoms with Crippen LogP contribution in [0.15, 0.2) is 24.3 Å². The van der Waals surface area contributed by atoms with E-state index in [1.165, 1.54) is 0 Å². The van der Waals surface area contributed by atoms with Crippen molar-refractivity contribution < 1.29 is 19.1 Å². The second kappa shape index (κ2) is 9.78. The molecule has 0 unspecified atom stereocenters. The van der Waals surface area contributed by atoms with Crippen LogP contribution in [0.3, 0.4) is 0 Å². The Hall–Kier alpha value is -2.08. The van der Waals surface area contributed by atoms with E-state index in [4.69, 9.17) is 9.47 Å². The van der Waals surface area contributed by atoms with Crippen LogP contribution < -0.4 is 15.4 Å². The molecule has 2 amide bonds. The van der Waals surface area contributed by atoms with E-state index in [0.717, 1.165) is 5.75 Å². The van der Waals surface area contributed by atoms with Crippen LogP contribution in [0, 0.1) is 0 Å². The third-order valence-corrected chi connectivity index (χ3v) is 2.69. The molecule has 22 heavy (non-hydrogen) atoms. The zero-order valence-electron chi connectivity index (χ0n) is 13.3. The summed E-state index contributed by atoms with van der Waals surface area (Å²) in [5.74, 6) is -0.623. The predicted octanol–water partition coefficient (Wildman–Crippen LogP) is 1.96. The topological polar surface area (TPSA) is 76.7 Å². The monoisotopic (exact) mass is 308 g/mol. The Morgan fingerprint density at radius 3 is 2.41 bits per heavy atom. The van der Waals surface area contributed by atoms with Gasteiger partial charge >= 0.3 is 11.8 Å². The molecule has 0 aliphatic rings. The Morgan fingerprint density at radius 2 is 1.82 bits per heavy atom. The van der Waals surface area contributed by atoms with E-state index in [9.17, 15) is 9.59 Å². The average molecular weight is 308 g/mol. The van der Waals surface area contributed by atoms with E-state index in [2.05, 4.69) is 10.6 Å². The van der Waals surface area contributed by atoms with Crippen LogP contribution in [0.4, 0.5) is 5.69 Å². The number of benzene rings is 1. The van der Waals surface area contributed by atoms with E-state index < -0.39 is 11.8 Å². The smallest absolute Gasteiger partial charge is 0.313 e. The van der Waals surface area contributed by atoms with Crippen molar-refractivity contribution in [3.05, 3.63) is 24.3 Å². The molecule has 0 fully saturated rings. The van der Waals surface area contributed by atoms with Gasteiger partial charge in [0.1, 0.15) is 5.75 Å². The van der Waals surface area contributed by atoms with Gasteiger partial charge in [0.05, 0.1) is 12.7 Å². The number of hydrogen-bond acceptors (Lipinski definition) is 4. The van der Waals surface area contributed by atoms with E-state index in [1.54, 1.807) is 24.3 Å². The molecule has 0 saturated heterocycles. The van der Waals surface area contributed by atoms with Crippen molar-refractivity contribution in [3.8, 4) is 5.75 Å². The lowest BCUT2D eigenvalue weighted by molar-refractivity contribution is -0.136. The highest BCUT2D eigenvalue weighted by Crippen LogP contribution is 2.15. The van der Waals surface area contributed by atoms with Gasteiger partial charge in [-0.25, -0.2) is 0 Å². The van der Waals surface area contributed by atoms with Crippen molar-refractivity contribution in [2.45, 2.75) is 33.3 Å². The molecule has 0 spiro atoms. The largest absolute Gasteiger partial charge is 0.494 e. The Kier molecular flexibility index (Phi) is 7.99. The number of carbonyl (C=O) groups excluding carboxylic acids is 2. The number of hydrogen-bond donors (Lipinski definition) is 2. The Bertz CT molecular complexity index is 472. The highest BCUT2D eigenvalue weighted by molar-refractivity contribution is 6.39. The lowest BCUT2D eigenvalue weighted by atomic mass is 10.3. The van der Waals surface area contributed by atoms with E-state index in [-0.39, 0.29) is 6.10 Å². The van der Waals surface area contributed by atoms with Crippen molar-refractivity contribution in [1.82, 2.24) is 5.32 Å². The van der Waals surface area contributed by atoms with Gasteiger partial charge in [-0.3, -0.25) is 9.59 Å². The molecule has 0 aromatic heterocycles. The molecule has 0 heterocycles. The van der Waals surface area contributed by atoms with Gasteiger partial charge in [-0.05, 0) is 51.5 Å². The number of nitrogens with one attached hydrogen (secondary N) is 2. The van der Waals surface area contributed by atoms with Crippen molar-refractivity contribution >= 4 is 17.5 Å². The van der Waals surface area contributed by atoms with Gasteiger partial charge in [-0.2, -0.15) is 0 Å².